The summed E-state index contributed by atoms with van der Waals surface area (Å²) in [5.74, 6) is 0. The molecular weight excluding hydrogens is 378 g/mol. The number of nitrogens with zero attached hydrogens (tertiary/aromatic N) is 3. The van der Waals surface area contributed by atoms with Crippen molar-refractivity contribution in [3.05, 3.63) is 48.5 Å². The fourth-order valence-electron chi connectivity index (χ4n) is 2.15. The standard InChI is InChI=1S/C15H11N5S4/c21-15(22)20(18-13-16-9-5-1-3-7-11(9)23-13)19-14-17-10-6-2-4-8-12(10)24-14/h1-8H,(H,16,18)(H,17,19)(H,21,22). The molecule has 0 aliphatic rings. The van der Waals surface area contributed by atoms with Crippen molar-refractivity contribution in [3.63, 3.8) is 0 Å². The Morgan fingerprint density at radius 2 is 1.33 bits per heavy atom. The van der Waals surface area contributed by atoms with Gasteiger partial charge in [0.25, 0.3) is 0 Å². The molecular formula is C15H11N5S4. The van der Waals surface area contributed by atoms with Crippen molar-refractivity contribution in [1.82, 2.24) is 15.1 Å². The summed E-state index contributed by atoms with van der Waals surface area (Å²) in [6, 6.07) is 15.9. The zero-order chi connectivity index (χ0) is 16.5. The van der Waals surface area contributed by atoms with Gasteiger partial charge in [0, 0.05) is 0 Å². The highest BCUT2D eigenvalue weighted by Gasteiger charge is 2.12. The highest BCUT2D eigenvalue weighted by Crippen LogP contribution is 2.28. The predicted molar refractivity (Wildman–Crippen MR) is 110 cm³/mol. The van der Waals surface area contributed by atoms with E-state index in [4.69, 9.17) is 12.2 Å². The third-order valence-corrected chi connectivity index (χ3v) is 5.46. The van der Waals surface area contributed by atoms with Crippen LogP contribution in [0.3, 0.4) is 0 Å². The van der Waals surface area contributed by atoms with Crippen LogP contribution in [-0.2, 0) is 0 Å². The Bertz CT molecular complexity index is 883. The first-order valence-corrected chi connectivity index (χ1v) is 9.45. The molecule has 5 nitrogen and oxygen atoms in total. The van der Waals surface area contributed by atoms with Crippen molar-refractivity contribution in [2.45, 2.75) is 0 Å². The minimum atomic E-state index is 0.341. The molecule has 0 bridgehead atoms. The molecule has 0 atom stereocenters. The molecule has 2 N–H and O–H groups in total. The minimum Gasteiger partial charge on any atom is -0.252 e. The average molecular weight is 390 g/mol. The number of hydrogen-bond acceptors (Lipinski definition) is 7. The number of aromatic nitrogens is 2. The zero-order valence-electron chi connectivity index (χ0n) is 12.1. The van der Waals surface area contributed by atoms with E-state index in [0.29, 0.717) is 4.32 Å². The third kappa shape index (κ3) is 3.16. The first kappa shape index (κ1) is 15.6. The summed E-state index contributed by atoms with van der Waals surface area (Å²) < 4.78 is 2.54. The van der Waals surface area contributed by atoms with E-state index in [1.807, 2.05) is 48.5 Å². The van der Waals surface area contributed by atoms with Crippen molar-refractivity contribution in [2.24, 2.45) is 0 Å². The molecule has 0 amide bonds. The van der Waals surface area contributed by atoms with Gasteiger partial charge in [0.1, 0.15) is 0 Å². The number of nitrogens with one attached hydrogen (secondary N) is 2. The second-order valence-corrected chi connectivity index (χ2v) is 7.99. The lowest BCUT2D eigenvalue weighted by Gasteiger charge is -2.22. The average Bonchev–Trinajstić information content (AvgIpc) is 3.16. The normalized spacial score (nSPS) is 10.9. The van der Waals surface area contributed by atoms with Crippen LogP contribution in [0.15, 0.2) is 48.5 Å². The molecule has 2 aromatic heterocycles. The maximum absolute atomic E-state index is 5.20. The van der Waals surface area contributed by atoms with E-state index < -0.39 is 0 Å². The van der Waals surface area contributed by atoms with Crippen molar-refractivity contribution in [1.29, 1.82) is 0 Å². The third-order valence-electron chi connectivity index (χ3n) is 3.19. The number of rotatable bonds is 4. The van der Waals surface area contributed by atoms with E-state index in [1.165, 1.54) is 5.12 Å². The lowest BCUT2D eigenvalue weighted by Crippen LogP contribution is -2.37. The number of thiazole rings is 2. The van der Waals surface area contributed by atoms with Crippen molar-refractivity contribution in [3.8, 4) is 0 Å². The summed E-state index contributed by atoms with van der Waals surface area (Å²) in [6.07, 6.45) is 0. The molecule has 120 valence electrons. The maximum Gasteiger partial charge on any atom is 0.204 e. The number of hydrogen-bond donors (Lipinski definition) is 3. The van der Waals surface area contributed by atoms with Gasteiger partial charge in [-0.05, 0) is 36.5 Å². The number of fused-ring (bicyclic) bond motifs is 2. The van der Waals surface area contributed by atoms with Gasteiger partial charge < -0.3 is 0 Å². The lowest BCUT2D eigenvalue weighted by atomic mass is 10.3. The molecule has 0 radical (unpaired) electrons. The first-order valence-electron chi connectivity index (χ1n) is 6.96. The van der Waals surface area contributed by atoms with Crippen LogP contribution >= 0.6 is 47.5 Å². The Balaban J connectivity index is 1.58. The SMILES string of the molecule is S=C(S)N(Nc1nc2ccccc2s1)Nc1nc2ccccc2s1. The number of anilines is 2. The van der Waals surface area contributed by atoms with E-state index in [9.17, 15) is 0 Å². The van der Waals surface area contributed by atoms with Crippen LogP contribution in [0.1, 0.15) is 0 Å². The zero-order valence-corrected chi connectivity index (χ0v) is 15.5. The van der Waals surface area contributed by atoms with Crippen LogP contribution in [0.4, 0.5) is 10.3 Å². The van der Waals surface area contributed by atoms with Crippen LogP contribution in [0.5, 0.6) is 0 Å². The van der Waals surface area contributed by atoms with Gasteiger partial charge >= 0.3 is 0 Å². The van der Waals surface area contributed by atoms with Crippen LogP contribution in [-0.4, -0.2) is 19.4 Å². The summed E-state index contributed by atoms with van der Waals surface area (Å²) in [5.41, 5.74) is 8.16. The number of thiocarbonyl (C=S) groups is 1. The Morgan fingerprint density at radius 1 is 0.875 bits per heavy atom. The molecule has 0 fully saturated rings. The quantitative estimate of drug-likeness (QED) is 0.265. The summed E-state index contributed by atoms with van der Waals surface area (Å²) in [7, 11) is 0. The summed E-state index contributed by atoms with van der Waals surface area (Å²) >= 11 is 12.5. The van der Waals surface area contributed by atoms with Gasteiger partial charge in [-0.3, -0.25) is 10.9 Å². The van der Waals surface area contributed by atoms with Crippen molar-refractivity contribution in [2.75, 3.05) is 10.9 Å². The highest BCUT2D eigenvalue weighted by atomic mass is 32.1. The molecule has 0 spiro atoms. The van der Waals surface area contributed by atoms with Crippen LogP contribution in [0.25, 0.3) is 20.4 Å². The largest absolute Gasteiger partial charge is 0.252 e. The van der Waals surface area contributed by atoms with E-state index >= 15 is 0 Å². The van der Waals surface area contributed by atoms with Crippen molar-refractivity contribution < 1.29 is 0 Å². The van der Waals surface area contributed by atoms with Gasteiger partial charge in [-0.25, -0.2) is 9.97 Å². The van der Waals surface area contributed by atoms with E-state index in [0.717, 1.165) is 30.7 Å². The molecule has 4 rings (SSSR count). The van der Waals surface area contributed by atoms with Crippen LogP contribution in [0.2, 0.25) is 0 Å². The highest BCUT2D eigenvalue weighted by molar-refractivity contribution is 8.10. The van der Waals surface area contributed by atoms with E-state index in [2.05, 4.69) is 33.4 Å². The van der Waals surface area contributed by atoms with Crippen molar-refractivity contribution >= 4 is 82.5 Å². The minimum absolute atomic E-state index is 0.341. The van der Waals surface area contributed by atoms with Crippen LogP contribution in [0, 0.1) is 0 Å². The van der Waals surface area contributed by atoms with Gasteiger partial charge in [-0.15, -0.1) is 12.6 Å². The summed E-state index contributed by atoms with van der Waals surface area (Å²) in [6.45, 7) is 0. The molecule has 0 unspecified atom stereocenters. The first-order chi connectivity index (χ1) is 11.7. The number of hydrazine groups is 2. The Hall–Kier alpha value is -1.94. The lowest BCUT2D eigenvalue weighted by molar-refractivity contribution is 0.617. The topological polar surface area (TPSA) is 53.1 Å². The molecule has 0 saturated heterocycles. The van der Waals surface area contributed by atoms with E-state index in [-0.39, 0.29) is 0 Å². The molecule has 0 aliphatic carbocycles. The van der Waals surface area contributed by atoms with Gasteiger partial charge in [-0.1, -0.05) is 46.9 Å². The molecule has 24 heavy (non-hydrogen) atoms. The molecule has 0 saturated carbocycles. The smallest absolute Gasteiger partial charge is 0.204 e. The van der Waals surface area contributed by atoms with Gasteiger partial charge in [0.2, 0.25) is 10.3 Å². The number of para-hydroxylation sites is 2. The Labute approximate surface area is 156 Å². The summed E-state index contributed by atoms with van der Waals surface area (Å²) in [4.78, 5) is 9.07. The molecule has 0 aliphatic heterocycles. The number of thiol groups is 1. The second kappa shape index (κ2) is 6.52. The second-order valence-electron chi connectivity index (χ2n) is 4.82. The Kier molecular flexibility index (Phi) is 4.23. The van der Waals surface area contributed by atoms with Gasteiger partial charge in [-0.2, -0.15) is 5.12 Å². The van der Waals surface area contributed by atoms with Crippen LogP contribution < -0.4 is 10.9 Å². The molecule has 9 heteroatoms. The fraction of sp³-hybridized carbons (Fsp3) is 0. The summed E-state index contributed by atoms with van der Waals surface area (Å²) in [5, 5.41) is 2.98. The van der Waals surface area contributed by atoms with E-state index in [1.54, 1.807) is 22.7 Å². The Morgan fingerprint density at radius 3 is 1.75 bits per heavy atom. The fourth-order valence-corrected chi connectivity index (χ4v) is 4.05. The number of benzene rings is 2. The maximum atomic E-state index is 5.20. The molecule has 2 aromatic carbocycles. The van der Waals surface area contributed by atoms with Gasteiger partial charge in [0.15, 0.2) is 4.32 Å². The molecule has 4 aromatic rings. The molecule has 2 heterocycles. The monoisotopic (exact) mass is 389 g/mol. The van der Waals surface area contributed by atoms with Gasteiger partial charge in [0.05, 0.1) is 20.4 Å². The predicted octanol–water partition coefficient (Wildman–Crippen LogP) is 4.78.